The van der Waals surface area contributed by atoms with Gasteiger partial charge in [-0.1, -0.05) is 30.7 Å². The maximum Gasteiger partial charge on any atom is 0.171 e. The monoisotopic (exact) mass is 387 g/mol. The molecule has 3 rings (SSSR count). The molecule has 0 aliphatic carbocycles. The second-order valence-corrected chi connectivity index (χ2v) is 7.96. The van der Waals surface area contributed by atoms with Crippen molar-refractivity contribution in [2.75, 3.05) is 23.3 Å². The third-order valence-electron chi connectivity index (χ3n) is 4.86. The standard InChI is InChI=1S/C21H26ClN3S/c1-15-4-3-13-25(14-15)20-11-5-17(6-12-20)16(2)23-21(26)24-19-9-7-18(22)8-10-19/h5-12,15-16H,3-4,13-14H2,1-2H3,(H2,23,24,26)/t15-,16+/m0/s1. The molecule has 0 amide bonds. The zero-order valence-corrected chi connectivity index (χ0v) is 16.9. The summed E-state index contributed by atoms with van der Waals surface area (Å²) in [5, 5.41) is 7.85. The summed E-state index contributed by atoms with van der Waals surface area (Å²) < 4.78 is 0. The van der Waals surface area contributed by atoms with Gasteiger partial charge in [0.25, 0.3) is 0 Å². The summed E-state index contributed by atoms with van der Waals surface area (Å²) in [5.74, 6) is 0.778. The second-order valence-electron chi connectivity index (χ2n) is 7.11. The highest BCUT2D eigenvalue weighted by Gasteiger charge is 2.17. The van der Waals surface area contributed by atoms with E-state index in [0.29, 0.717) is 10.1 Å². The van der Waals surface area contributed by atoms with Gasteiger partial charge in [-0.25, -0.2) is 0 Å². The molecule has 3 nitrogen and oxygen atoms in total. The van der Waals surface area contributed by atoms with Gasteiger partial charge in [0, 0.05) is 29.5 Å². The summed E-state index contributed by atoms with van der Waals surface area (Å²) in [7, 11) is 0. The fourth-order valence-electron chi connectivity index (χ4n) is 3.38. The molecular weight excluding hydrogens is 362 g/mol. The molecule has 0 unspecified atom stereocenters. The largest absolute Gasteiger partial charge is 0.371 e. The Hall–Kier alpha value is -1.78. The van der Waals surface area contributed by atoms with Gasteiger partial charge in [-0.2, -0.15) is 0 Å². The van der Waals surface area contributed by atoms with Crippen LogP contribution in [0.25, 0.3) is 0 Å². The van der Waals surface area contributed by atoms with E-state index in [-0.39, 0.29) is 6.04 Å². The van der Waals surface area contributed by atoms with Crippen molar-refractivity contribution in [1.29, 1.82) is 0 Å². The van der Waals surface area contributed by atoms with Gasteiger partial charge in [0.15, 0.2) is 5.11 Å². The lowest BCUT2D eigenvalue weighted by atomic mass is 9.99. The van der Waals surface area contributed by atoms with Crippen LogP contribution in [0, 0.1) is 5.92 Å². The van der Waals surface area contributed by atoms with E-state index in [9.17, 15) is 0 Å². The lowest BCUT2D eigenvalue weighted by molar-refractivity contribution is 0.447. The van der Waals surface area contributed by atoms with Gasteiger partial charge >= 0.3 is 0 Å². The molecule has 0 radical (unpaired) electrons. The number of hydrogen-bond donors (Lipinski definition) is 2. The number of benzene rings is 2. The van der Waals surface area contributed by atoms with Gasteiger partial charge in [-0.15, -0.1) is 0 Å². The molecule has 2 aromatic carbocycles. The third-order valence-corrected chi connectivity index (χ3v) is 5.34. The molecule has 138 valence electrons. The zero-order chi connectivity index (χ0) is 18.5. The minimum atomic E-state index is 0.136. The SMILES string of the molecule is C[C@H]1CCCN(c2ccc([C@@H](C)NC(=S)Nc3ccc(Cl)cc3)cc2)C1. The van der Waals surface area contributed by atoms with Crippen LogP contribution in [0.1, 0.15) is 38.3 Å². The predicted molar refractivity (Wildman–Crippen MR) is 116 cm³/mol. The van der Waals surface area contributed by atoms with Crippen LogP contribution in [-0.2, 0) is 0 Å². The van der Waals surface area contributed by atoms with Crippen molar-refractivity contribution in [3.8, 4) is 0 Å². The highest BCUT2D eigenvalue weighted by Crippen LogP contribution is 2.24. The van der Waals surface area contributed by atoms with Crippen LogP contribution in [0.15, 0.2) is 48.5 Å². The summed E-state index contributed by atoms with van der Waals surface area (Å²) >= 11 is 11.3. The van der Waals surface area contributed by atoms with Crippen LogP contribution in [0.5, 0.6) is 0 Å². The summed E-state index contributed by atoms with van der Waals surface area (Å²) in [5.41, 5.74) is 3.46. The van der Waals surface area contributed by atoms with E-state index in [1.165, 1.54) is 24.1 Å². The molecular formula is C21H26ClN3S. The minimum absolute atomic E-state index is 0.136. The quantitative estimate of drug-likeness (QED) is 0.665. The fourth-order valence-corrected chi connectivity index (χ4v) is 3.80. The van der Waals surface area contributed by atoms with Gasteiger partial charge in [-0.3, -0.25) is 0 Å². The molecule has 26 heavy (non-hydrogen) atoms. The second kappa shape index (κ2) is 8.74. The third kappa shape index (κ3) is 5.12. The number of hydrogen-bond acceptors (Lipinski definition) is 2. The molecule has 0 aromatic heterocycles. The summed E-state index contributed by atoms with van der Waals surface area (Å²) in [6, 6.07) is 16.5. The summed E-state index contributed by atoms with van der Waals surface area (Å²) in [4.78, 5) is 2.49. The van der Waals surface area contributed by atoms with Crippen molar-refractivity contribution in [3.05, 3.63) is 59.1 Å². The molecule has 1 saturated heterocycles. The average molecular weight is 388 g/mol. The molecule has 2 atom stereocenters. The smallest absolute Gasteiger partial charge is 0.171 e. The van der Waals surface area contributed by atoms with Crippen molar-refractivity contribution in [2.45, 2.75) is 32.7 Å². The van der Waals surface area contributed by atoms with Crippen molar-refractivity contribution in [1.82, 2.24) is 5.32 Å². The van der Waals surface area contributed by atoms with Crippen LogP contribution < -0.4 is 15.5 Å². The Morgan fingerprint density at radius 1 is 1.15 bits per heavy atom. The highest BCUT2D eigenvalue weighted by atomic mass is 35.5. The molecule has 1 heterocycles. The number of halogens is 1. The Morgan fingerprint density at radius 2 is 1.85 bits per heavy atom. The van der Waals surface area contributed by atoms with Crippen LogP contribution in [-0.4, -0.2) is 18.2 Å². The van der Waals surface area contributed by atoms with E-state index in [4.69, 9.17) is 23.8 Å². The minimum Gasteiger partial charge on any atom is -0.371 e. The number of anilines is 2. The fraction of sp³-hybridized carbons (Fsp3) is 0.381. The van der Waals surface area contributed by atoms with Gasteiger partial charge in [-0.05, 0) is 79.9 Å². The summed E-state index contributed by atoms with van der Waals surface area (Å²) in [6.07, 6.45) is 2.62. The first-order valence-electron chi connectivity index (χ1n) is 9.19. The van der Waals surface area contributed by atoms with Crippen molar-refractivity contribution in [2.24, 2.45) is 5.92 Å². The Bertz CT molecular complexity index is 730. The first-order chi connectivity index (χ1) is 12.5. The lowest BCUT2D eigenvalue weighted by Crippen LogP contribution is -2.34. The Labute approximate surface area is 166 Å². The molecule has 5 heteroatoms. The maximum absolute atomic E-state index is 5.91. The topological polar surface area (TPSA) is 27.3 Å². The molecule has 2 aromatic rings. The lowest BCUT2D eigenvalue weighted by Gasteiger charge is -2.33. The van der Waals surface area contributed by atoms with Crippen molar-refractivity contribution < 1.29 is 0 Å². The van der Waals surface area contributed by atoms with Gasteiger partial charge in [0.05, 0.1) is 6.04 Å². The molecule has 1 fully saturated rings. The Balaban J connectivity index is 1.56. The van der Waals surface area contributed by atoms with Gasteiger partial charge in [0.1, 0.15) is 0 Å². The molecule has 0 bridgehead atoms. The van der Waals surface area contributed by atoms with E-state index in [2.05, 4.69) is 53.6 Å². The molecule has 0 saturated carbocycles. The van der Waals surface area contributed by atoms with Crippen molar-refractivity contribution in [3.63, 3.8) is 0 Å². The van der Waals surface area contributed by atoms with Crippen LogP contribution >= 0.6 is 23.8 Å². The Kier molecular flexibility index (Phi) is 6.38. The average Bonchev–Trinajstić information content (AvgIpc) is 2.64. The number of nitrogens with zero attached hydrogens (tertiary/aromatic N) is 1. The highest BCUT2D eigenvalue weighted by molar-refractivity contribution is 7.80. The van der Waals surface area contributed by atoms with Crippen LogP contribution in [0.2, 0.25) is 5.02 Å². The van der Waals surface area contributed by atoms with Crippen LogP contribution in [0.3, 0.4) is 0 Å². The predicted octanol–water partition coefficient (Wildman–Crippen LogP) is 5.62. The summed E-state index contributed by atoms with van der Waals surface area (Å²) in [6.45, 7) is 6.77. The first kappa shape index (κ1) is 19.0. The zero-order valence-electron chi connectivity index (χ0n) is 15.3. The molecule has 1 aliphatic heterocycles. The maximum atomic E-state index is 5.91. The molecule has 1 aliphatic rings. The number of nitrogens with one attached hydrogen (secondary N) is 2. The Morgan fingerprint density at radius 3 is 2.50 bits per heavy atom. The van der Waals surface area contributed by atoms with E-state index < -0.39 is 0 Å². The van der Waals surface area contributed by atoms with E-state index in [1.807, 2.05) is 24.3 Å². The first-order valence-corrected chi connectivity index (χ1v) is 9.98. The number of piperidine rings is 1. The van der Waals surface area contributed by atoms with Gasteiger partial charge < -0.3 is 15.5 Å². The van der Waals surface area contributed by atoms with Gasteiger partial charge in [0.2, 0.25) is 0 Å². The number of rotatable bonds is 4. The molecule has 0 spiro atoms. The number of thiocarbonyl (C=S) groups is 1. The molecule has 2 N–H and O–H groups in total. The normalized spacial score (nSPS) is 18.3. The van der Waals surface area contributed by atoms with E-state index in [1.54, 1.807) is 0 Å². The van der Waals surface area contributed by atoms with Crippen molar-refractivity contribution >= 4 is 40.3 Å². The van der Waals surface area contributed by atoms with Crippen LogP contribution in [0.4, 0.5) is 11.4 Å². The van der Waals surface area contributed by atoms with E-state index >= 15 is 0 Å². The van der Waals surface area contributed by atoms with E-state index in [0.717, 1.165) is 24.7 Å².